The third kappa shape index (κ3) is 2.63. The Morgan fingerprint density at radius 3 is 2.68 bits per heavy atom. The summed E-state index contributed by atoms with van der Waals surface area (Å²) in [5.41, 5.74) is 2.26. The van der Waals surface area contributed by atoms with Gasteiger partial charge in [0, 0.05) is 44.0 Å². The number of hydrogen-bond acceptors (Lipinski definition) is 3. The van der Waals surface area contributed by atoms with Crippen LogP contribution in [-0.4, -0.2) is 49.7 Å². The summed E-state index contributed by atoms with van der Waals surface area (Å²) >= 11 is 0. The van der Waals surface area contributed by atoms with E-state index in [1.165, 1.54) is 44.6 Å². The van der Waals surface area contributed by atoms with Crippen molar-refractivity contribution in [3.8, 4) is 0 Å². The molecule has 3 heterocycles. The lowest BCUT2D eigenvalue weighted by molar-refractivity contribution is 0.195. The second-order valence-electron chi connectivity index (χ2n) is 7.21. The molecule has 1 aromatic rings. The van der Waals surface area contributed by atoms with Gasteiger partial charge in [-0.3, -0.25) is 4.90 Å². The lowest BCUT2D eigenvalue weighted by Gasteiger charge is -2.38. The summed E-state index contributed by atoms with van der Waals surface area (Å²) in [4.78, 5) is 5.15. The second kappa shape index (κ2) is 5.82. The van der Waals surface area contributed by atoms with Gasteiger partial charge in [0.25, 0.3) is 0 Å². The van der Waals surface area contributed by atoms with Crippen molar-refractivity contribution < 1.29 is 4.39 Å². The number of fused-ring (bicyclic) bond motifs is 1. The van der Waals surface area contributed by atoms with Gasteiger partial charge in [-0.15, -0.1) is 0 Å². The Morgan fingerprint density at radius 2 is 1.95 bits per heavy atom. The number of rotatable bonds is 2. The lowest BCUT2D eigenvalue weighted by atomic mass is 10.0. The maximum absolute atomic E-state index is 13.3. The zero-order valence-corrected chi connectivity index (χ0v) is 13.4. The summed E-state index contributed by atoms with van der Waals surface area (Å²) in [7, 11) is 0. The van der Waals surface area contributed by atoms with Crippen LogP contribution in [0.4, 0.5) is 10.1 Å². The van der Waals surface area contributed by atoms with E-state index in [0.29, 0.717) is 0 Å². The molecule has 0 radical (unpaired) electrons. The molecular weight excluding hydrogens is 277 g/mol. The number of nitrogens with one attached hydrogen (secondary N) is 1. The highest BCUT2D eigenvalue weighted by Gasteiger charge is 2.39. The number of anilines is 1. The Labute approximate surface area is 132 Å². The Morgan fingerprint density at radius 1 is 1.14 bits per heavy atom. The number of hydrogen-bond donors (Lipinski definition) is 1. The molecule has 0 saturated carbocycles. The molecule has 0 unspecified atom stereocenters. The highest BCUT2D eigenvalue weighted by molar-refractivity contribution is 5.53. The summed E-state index contributed by atoms with van der Waals surface area (Å²) in [6.45, 7) is 7.94. The second-order valence-corrected chi connectivity index (χ2v) is 7.21. The Balaban J connectivity index is 1.36. The molecule has 4 rings (SSSR count). The molecule has 120 valence electrons. The summed E-state index contributed by atoms with van der Waals surface area (Å²) < 4.78 is 13.3. The van der Waals surface area contributed by atoms with E-state index in [0.717, 1.165) is 36.7 Å². The van der Waals surface area contributed by atoms with Crippen molar-refractivity contribution in [1.82, 2.24) is 10.2 Å². The molecule has 3 aliphatic heterocycles. The third-order valence-corrected chi connectivity index (χ3v) is 5.87. The molecule has 0 aromatic heterocycles. The minimum Gasteiger partial charge on any atom is -0.371 e. The maximum Gasteiger partial charge on any atom is 0.123 e. The molecule has 4 heteroatoms. The first-order valence-corrected chi connectivity index (χ1v) is 8.69. The molecule has 22 heavy (non-hydrogen) atoms. The average molecular weight is 303 g/mol. The predicted molar refractivity (Wildman–Crippen MR) is 87.8 cm³/mol. The molecule has 0 aliphatic carbocycles. The van der Waals surface area contributed by atoms with Gasteiger partial charge in [0.1, 0.15) is 5.82 Å². The van der Waals surface area contributed by atoms with E-state index in [2.05, 4.69) is 15.1 Å². The first-order valence-electron chi connectivity index (χ1n) is 8.69. The minimum atomic E-state index is -0.132. The SMILES string of the molecule is Cc1cc(F)ccc1N1CCC(N2C[C@@H]3CCN[C@@H]3C2)CC1. The molecule has 1 N–H and O–H groups in total. The van der Waals surface area contributed by atoms with Crippen LogP contribution in [0.1, 0.15) is 24.8 Å². The van der Waals surface area contributed by atoms with Crippen LogP contribution in [0, 0.1) is 18.7 Å². The first-order chi connectivity index (χ1) is 10.7. The number of benzene rings is 1. The van der Waals surface area contributed by atoms with E-state index in [1.807, 2.05) is 13.0 Å². The summed E-state index contributed by atoms with van der Waals surface area (Å²) in [5.74, 6) is 0.754. The number of halogens is 1. The molecule has 2 atom stereocenters. The number of piperidine rings is 1. The van der Waals surface area contributed by atoms with Crippen LogP contribution in [0.2, 0.25) is 0 Å². The molecule has 3 saturated heterocycles. The topological polar surface area (TPSA) is 18.5 Å². The quantitative estimate of drug-likeness (QED) is 0.905. The standard InChI is InChI=1S/C18H26FN3/c1-13-10-15(19)2-3-18(13)21-8-5-16(6-9-21)22-11-14-4-7-20-17(14)12-22/h2-3,10,14,16-17,20H,4-9,11-12H2,1H3/t14-,17+/m0/s1. The van der Waals surface area contributed by atoms with Crippen LogP contribution in [-0.2, 0) is 0 Å². The highest BCUT2D eigenvalue weighted by Crippen LogP contribution is 2.31. The van der Waals surface area contributed by atoms with Gasteiger partial charge in [0.15, 0.2) is 0 Å². The molecule has 1 aromatic carbocycles. The summed E-state index contributed by atoms with van der Waals surface area (Å²) in [6, 6.07) is 6.66. The van der Waals surface area contributed by atoms with E-state index in [9.17, 15) is 4.39 Å². The zero-order valence-electron chi connectivity index (χ0n) is 13.4. The Kier molecular flexibility index (Phi) is 3.82. The average Bonchev–Trinajstić information content (AvgIpc) is 3.09. The van der Waals surface area contributed by atoms with Crippen molar-refractivity contribution >= 4 is 5.69 Å². The molecular formula is C18H26FN3. The minimum absolute atomic E-state index is 0.132. The summed E-state index contributed by atoms with van der Waals surface area (Å²) in [6.07, 6.45) is 3.82. The number of likely N-dealkylation sites (tertiary alicyclic amines) is 1. The highest BCUT2D eigenvalue weighted by atomic mass is 19.1. The van der Waals surface area contributed by atoms with Crippen molar-refractivity contribution in [1.29, 1.82) is 0 Å². The van der Waals surface area contributed by atoms with E-state index < -0.39 is 0 Å². The van der Waals surface area contributed by atoms with Crippen LogP contribution in [0.3, 0.4) is 0 Å². The van der Waals surface area contributed by atoms with E-state index in [4.69, 9.17) is 0 Å². The first kappa shape index (κ1) is 14.5. The van der Waals surface area contributed by atoms with E-state index >= 15 is 0 Å². The fourth-order valence-corrected chi connectivity index (χ4v) is 4.63. The molecule has 0 spiro atoms. The van der Waals surface area contributed by atoms with Crippen LogP contribution < -0.4 is 10.2 Å². The molecule has 0 bridgehead atoms. The fourth-order valence-electron chi connectivity index (χ4n) is 4.63. The van der Waals surface area contributed by atoms with Gasteiger partial charge in [-0.1, -0.05) is 0 Å². The normalized spacial score (nSPS) is 30.0. The van der Waals surface area contributed by atoms with Crippen LogP contribution in [0.15, 0.2) is 18.2 Å². The van der Waals surface area contributed by atoms with Gasteiger partial charge in [-0.05, 0) is 62.4 Å². The molecule has 3 aliphatic rings. The van der Waals surface area contributed by atoms with Crippen molar-refractivity contribution in [2.24, 2.45) is 5.92 Å². The van der Waals surface area contributed by atoms with Gasteiger partial charge in [0.05, 0.1) is 0 Å². The lowest BCUT2D eigenvalue weighted by Crippen LogP contribution is -2.45. The van der Waals surface area contributed by atoms with Crippen LogP contribution >= 0.6 is 0 Å². The molecule has 3 nitrogen and oxygen atoms in total. The Hall–Kier alpha value is -1.13. The van der Waals surface area contributed by atoms with Crippen molar-refractivity contribution in [3.05, 3.63) is 29.6 Å². The van der Waals surface area contributed by atoms with Gasteiger partial charge in [-0.2, -0.15) is 0 Å². The van der Waals surface area contributed by atoms with Gasteiger partial charge < -0.3 is 10.2 Å². The third-order valence-electron chi connectivity index (χ3n) is 5.87. The van der Waals surface area contributed by atoms with Crippen molar-refractivity contribution in [2.75, 3.05) is 37.6 Å². The number of aryl methyl sites for hydroxylation is 1. The van der Waals surface area contributed by atoms with Crippen LogP contribution in [0.5, 0.6) is 0 Å². The largest absolute Gasteiger partial charge is 0.371 e. The smallest absolute Gasteiger partial charge is 0.123 e. The predicted octanol–water partition coefficient (Wildman–Crippen LogP) is 2.40. The van der Waals surface area contributed by atoms with E-state index in [1.54, 1.807) is 12.1 Å². The van der Waals surface area contributed by atoms with Crippen LogP contribution in [0.25, 0.3) is 0 Å². The Bertz CT molecular complexity index is 527. The van der Waals surface area contributed by atoms with Gasteiger partial charge in [-0.25, -0.2) is 4.39 Å². The fraction of sp³-hybridized carbons (Fsp3) is 0.667. The van der Waals surface area contributed by atoms with Gasteiger partial charge >= 0.3 is 0 Å². The maximum atomic E-state index is 13.3. The zero-order chi connectivity index (χ0) is 15.1. The molecule has 0 amide bonds. The van der Waals surface area contributed by atoms with E-state index in [-0.39, 0.29) is 5.82 Å². The monoisotopic (exact) mass is 303 g/mol. The summed E-state index contributed by atoms with van der Waals surface area (Å²) in [5, 5.41) is 3.65. The van der Waals surface area contributed by atoms with Crippen molar-refractivity contribution in [3.63, 3.8) is 0 Å². The number of nitrogens with zero attached hydrogens (tertiary/aromatic N) is 2. The van der Waals surface area contributed by atoms with Crippen molar-refractivity contribution in [2.45, 2.75) is 38.3 Å². The van der Waals surface area contributed by atoms with Gasteiger partial charge in [0.2, 0.25) is 0 Å². The molecule has 3 fully saturated rings.